The number of hydrogen-bond acceptors (Lipinski definition) is 4. The van der Waals surface area contributed by atoms with Crippen molar-refractivity contribution in [3.8, 4) is 0 Å². The summed E-state index contributed by atoms with van der Waals surface area (Å²) in [6.45, 7) is 5.95. The minimum absolute atomic E-state index is 0.155. The SMILES string of the molecule is Cc1coc(SC(C)C(C)N)n1. The highest BCUT2D eigenvalue weighted by Gasteiger charge is 2.12. The third kappa shape index (κ3) is 2.53. The van der Waals surface area contributed by atoms with Gasteiger partial charge in [0.1, 0.15) is 6.26 Å². The van der Waals surface area contributed by atoms with Crippen LogP contribution in [-0.4, -0.2) is 16.3 Å². The lowest BCUT2D eigenvalue weighted by atomic mass is 10.3. The molecule has 0 radical (unpaired) electrons. The van der Waals surface area contributed by atoms with E-state index >= 15 is 0 Å². The summed E-state index contributed by atoms with van der Waals surface area (Å²) in [7, 11) is 0. The Labute approximate surface area is 76.7 Å². The Morgan fingerprint density at radius 2 is 2.25 bits per heavy atom. The van der Waals surface area contributed by atoms with Crippen molar-refractivity contribution in [2.75, 3.05) is 0 Å². The van der Waals surface area contributed by atoms with E-state index in [1.165, 1.54) is 0 Å². The zero-order chi connectivity index (χ0) is 9.14. The lowest BCUT2D eigenvalue weighted by Crippen LogP contribution is -2.26. The molecule has 3 nitrogen and oxygen atoms in total. The molecule has 2 atom stereocenters. The molecule has 0 aliphatic heterocycles. The Hall–Kier alpha value is -0.480. The fourth-order valence-corrected chi connectivity index (χ4v) is 1.49. The number of rotatable bonds is 3. The molecule has 12 heavy (non-hydrogen) atoms. The zero-order valence-electron chi connectivity index (χ0n) is 7.57. The van der Waals surface area contributed by atoms with Gasteiger partial charge in [-0.25, -0.2) is 4.98 Å². The van der Waals surface area contributed by atoms with E-state index in [9.17, 15) is 0 Å². The summed E-state index contributed by atoms with van der Waals surface area (Å²) < 4.78 is 5.18. The first-order chi connectivity index (χ1) is 5.59. The maximum Gasteiger partial charge on any atom is 0.256 e. The van der Waals surface area contributed by atoms with E-state index in [-0.39, 0.29) is 6.04 Å². The Kier molecular flexibility index (Phi) is 3.17. The first-order valence-electron chi connectivity index (χ1n) is 3.94. The molecule has 0 aromatic carbocycles. The highest BCUT2D eigenvalue weighted by Crippen LogP contribution is 2.23. The molecule has 0 saturated carbocycles. The Morgan fingerprint density at radius 3 is 2.67 bits per heavy atom. The maximum atomic E-state index is 5.70. The molecule has 2 unspecified atom stereocenters. The number of aromatic nitrogens is 1. The van der Waals surface area contributed by atoms with Gasteiger partial charge < -0.3 is 10.2 Å². The van der Waals surface area contributed by atoms with Crippen LogP contribution in [0.25, 0.3) is 0 Å². The van der Waals surface area contributed by atoms with Gasteiger partial charge in [-0.05, 0) is 13.8 Å². The van der Waals surface area contributed by atoms with Gasteiger partial charge in [-0.1, -0.05) is 18.7 Å². The molecule has 1 aromatic rings. The van der Waals surface area contributed by atoms with Crippen molar-refractivity contribution >= 4 is 11.8 Å². The maximum absolute atomic E-state index is 5.70. The average molecular weight is 186 g/mol. The molecule has 0 bridgehead atoms. The fourth-order valence-electron chi connectivity index (χ4n) is 0.653. The highest BCUT2D eigenvalue weighted by molar-refractivity contribution is 7.99. The Bertz CT molecular complexity index is 247. The van der Waals surface area contributed by atoms with Gasteiger partial charge in [-0.2, -0.15) is 0 Å². The van der Waals surface area contributed by atoms with Crippen LogP contribution in [0, 0.1) is 6.92 Å². The van der Waals surface area contributed by atoms with Crippen molar-refractivity contribution in [2.24, 2.45) is 5.73 Å². The zero-order valence-corrected chi connectivity index (χ0v) is 8.39. The van der Waals surface area contributed by atoms with Crippen molar-refractivity contribution in [2.45, 2.75) is 37.3 Å². The molecule has 68 valence electrons. The summed E-state index contributed by atoms with van der Waals surface area (Å²) in [6.07, 6.45) is 1.65. The summed E-state index contributed by atoms with van der Waals surface area (Å²) in [5, 5.41) is 1.04. The van der Waals surface area contributed by atoms with Crippen LogP contribution < -0.4 is 5.73 Å². The molecule has 1 heterocycles. The average Bonchev–Trinajstić information content (AvgIpc) is 2.35. The number of nitrogens with two attached hydrogens (primary N) is 1. The van der Waals surface area contributed by atoms with E-state index < -0.39 is 0 Å². The van der Waals surface area contributed by atoms with E-state index in [0.717, 1.165) is 5.69 Å². The van der Waals surface area contributed by atoms with Gasteiger partial charge in [0, 0.05) is 11.3 Å². The van der Waals surface area contributed by atoms with Crippen LogP contribution in [0.15, 0.2) is 15.9 Å². The van der Waals surface area contributed by atoms with Crippen molar-refractivity contribution in [1.29, 1.82) is 0 Å². The molecule has 1 rings (SSSR count). The Balaban J connectivity index is 2.52. The minimum Gasteiger partial charge on any atom is -0.440 e. The van der Waals surface area contributed by atoms with Crippen LogP contribution in [-0.2, 0) is 0 Å². The lowest BCUT2D eigenvalue weighted by Gasteiger charge is -2.11. The van der Waals surface area contributed by atoms with E-state index in [2.05, 4.69) is 11.9 Å². The second-order valence-corrected chi connectivity index (χ2v) is 4.27. The molecule has 0 saturated heterocycles. The van der Waals surface area contributed by atoms with Crippen LogP contribution in [0.3, 0.4) is 0 Å². The van der Waals surface area contributed by atoms with E-state index in [1.54, 1.807) is 18.0 Å². The van der Waals surface area contributed by atoms with Gasteiger partial charge in [0.2, 0.25) is 0 Å². The number of oxazole rings is 1. The van der Waals surface area contributed by atoms with Crippen LogP contribution in [0.1, 0.15) is 19.5 Å². The van der Waals surface area contributed by atoms with Gasteiger partial charge in [0.05, 0.1) is 5.69 Å². The van der Waals surface area contributed by atoms with E-state index in [0.29, 0.717) is 10.5 Å². The van der Waals surface area contributed by atoms with Gasteiger partial charge >= 0.3 is 0 Å². The summed E-state index contributed by atoms with van der Waals surface area (Å²) in [5.74, 6) is 0. The van der Waals surface area contributed by atoms with Crippen molar-refractivity contribution in [3.63, 3.8) is 0 Å². The van der Waals surface area contributed by atoms with Crippen LogP contribution in [0.2, 0.25) is 0 Å². The molecular weight excluding hydrogens is 172 g/mol. The van der Waals surface area contributed by atoms with Gasteiger partial charge in [0.15, 0.2) is 0 Å². The third-order valence-electron chi connectivity index (χ3n) is 1.63. The normalized spacial score (nSPS) is 16.0. The standard InChI is InChI=1S/C8H14N2OS/c1-5-4-11-8(10-5)12-7(3)6(2)9/h4,6-7H,9H2,1-3H3. The molecule has 0 aliphatic rings. The molecule has 0 aliphatic carbocycles. The second-order valence-electron chi connectivity index (χ2n) is 2.94. The van der Waals surface area contributed by atoms with Crippen molar-refractivity contribution in [1.82, 2.24) is 4.98 Å². The number of nitrogens with zero attached hydrogens (tertiary/aromatic N) is 1. The molecule has 1 aromatic heterocycles. The van der Waals surface area contributed by atoms with Crippen molar-refractivity contribution in [3.05, 3.63) is 12.0 Å². The number of hydrogen-bond donors (Lipinski definition) is 1. The lowest BCUT2D eigenvalue weighted by molar-refractivity contribution is 0.452. The van der Waals surface area contributed by atoms with Crippen LogP contribution in [0.4, 0.5) is 0 Å². The summed E-state index contributed by atoms with van der Waals surface area (Å²) in [4.78, 5) is 4.17. The summed E-state index contributed by atoms with van der Waals surface area (Å²) in [6, 6.07) is 0.155. The topological polar surface area (TPSA) is 52.0 Å². The third-order valence-corrected chi connectivity index (χ3v) is 2.82. The van der Waals surface area contributed by atoms with Gasteiger partial charge in [-0.3, -0.25) is 0 Å². The molecule has 0 spiro atoms. The first-order valence-corrected chi connectivity index (χ1v) is 4.82. The first kappa shape index (κ1) is 9.61. The largest absolute Gasteiger partial charge is 0.440 e. The Morgan fingerprint density at radius 1 is 1.58 bits per heavy atom. The molecular formula is C8H14N2OS. The summed E-state index contributed by atoms with van der Waals surface area (Å²) >= 11 is 1.57. The van der Waals surface area contributed by atoms with E-state index in [4.69, 9.17) is 10.2 Å². The second kappa shape index (κ2) is 3.96. The van der Waals surface area contributed by atoms with E-state index in [1.807, 2.05) is 13.8 Å². The van der Waals surface area contributed by atoms with Crippen molar-refractivity contribution < 1.29 is 4.42 Å². The van der Waals surface area contributed by atoms with Crippen LogP contribution >= 0.6 is 11.8 Å². The van der Waals surface area contributed by atoms with Crippen LogP contribution in [0.5, 0.6) is 0 Å². The molecule has 2 N–H and O–H groups in total. The predicted octanol–water partition coefficient (Wildman–Crippen LogP) is 1.81. The number of thioether (sulfide) groups is 1. The smallest absolute Gasteiger partial charge is 0.256 e. The quantitative estimate of drug-likeness (QED) is 0.731. The minimum atomic E-state index is 0.155. The predicted molar refractivity (Wildman–Crippen MR) is 50.2 cm³/mol. The molecule has 0 amide bonds. The fraction of sp³-hybridized carbons (Fsp3) is 0.625. The van der Waals surface area contributed by atoms with Gasteiger partial charge in [-0.15, -0.1) is 0 Å². The molecule has 4 heteroatoms. The number of aryl methyl sites for hydroxylation is 1. The molecule has 0 fully saturated rings. The summed E-state index contributed by atoms with van der Waals surface area (Å²) in [5.41, 5.74) is 6.61. The highest BCUT2D eigenvalue weighted by atomic mass is 32.2. The monoisotopic (exact) mass is 186 g/mol. The van der Waals surface area contributed by atoms with Gasteiger partial charge in [0.25, 0.3) is 5.22 Å².